The average Bonchev–Trinajstić information content (AvgIpc) is 2.80. The summed E-state index contributed by atoms with van der Waals surface area (Å²) in [4.78, 5) is 14.7. The number of hydroxylamine groups is 1. The highest BCUT2D eigenvalue weighted by atomic mass is 35.5. The van der Waals surface area contributed by atoms with Crippen LogP contribution in [0, 0.1) is 0 Å². The van der Waals surface area contributed by atoms with Crippen LogP contribution in [0.3, 0.4) is 0 Å². The molecule has 1 aliphatic rings. The number of carbonyl (C=O) groups excluding carboxylic acids is 1. The maximum absolute atomic E-state index is 13.4. The molecule has 1 fully saturated rings. The molecule has 0 aliphatic carbocycles. The summed E-state index contributed by atoms with van der Waals surface area (Å²) in [5.74, 6) is 0.0235. The number of amides is 1. The average molecular weight is 481 g/mol. The monoisotopic (exact) mass is 480 g/mol. The lowest BCUT2D eigenvalue weighted by Crippen LogP contribution is -2.58. The third-order valence-electron chi connectivity index (χ3n) is 5.93. The Hall–Kier alpha value is -2.13. The predicted molar refractivity (Wildman–Crippen MR) is 124 cm³/mol. The fourth-order valence-corrected chi connectivity index (χ4v) is 6.12. The molecular formula is C23H29ClN2O5S. The maximum atomic E-state index is 13.4. The zero-order chi connectivity index (χ0) is 23.2. The Morgan fingerprint density at radius 3 is 2.19 bits per heavy atom. The van der Waals surface area contributed by atoms with E-state index in [1.54, 1.807) is 54.0 Å². The van der Waals surface area contributed by atoms with Crippen LogP contribution in [0.2, 0.25) is 5.02 Å². The number of hydrogen-bond acceptors (Lipinski definition) is 6. The first-order valence-corrected chi connectivity index (χ1v) is 12.7. The van der Waals surface area contributed by atoms with Crippen molar-refractivity contribution in [3.63, 3.8) is 0 Å². The fraction of sp³-hybridized carbons (Fsp3) is 0.435. The lowest BCUT2D eigenvalue weighted by Gasteiger charge is -2.39. The molecule has 0 aromatic heterocycles. The molecule has 2 aromatic carbocycles. The number of piperidine rings is 1. The summed E-state index contributed by atoms with van der Waals surface area (Å²) in [7, 11) is -3.88. The Labute approximate surface area is 194 Å². The van der Waals surface area contributed by atoms with Gasteiger partial charge in [-0.05, 0) is 67.8 Å². The molecule has 0 atom stereocenters. The molecular weight excluding hydrogens is 452 g/mol. The van der Waals surface area contributed by atoms with Gasteiger partial charge in [-0.2, -0.15) is 0 Å². The number of likely N-dealkylation sites (tertiary alicyclic amines) is 1. The standard InChI is InChI=1S/C23H29ClN2O5S/c1-2-3-14-26-15-12-23(13-16-26,22(27)25-28)32(29,30)17-18-4-8-20(9-5-18)31-21-10-6-19(24)7-11-21/h4-11,28H,2-3,12-17H2,1H3,(H,25,27). The largest absolute Gasteiger partial charge is 0.457 e. The van der Waals surface area contributed by atoms with Crippen molar-refractivity contribution in [2.45, 2.75) is 43.1 Å². The van der Waals surface area contributed by atoms with E-state index in [0.29, 0.717) is 35.2 Å². The third kappa shape index (κ3) is 5.61. The summed E-state index contributed by atoms with van der Waals surface area (Å²) in [5.41, 5.74) is 2.15. The minimum Gasteiger partial charge on any atom is -0.457 e. The second-order valence-corrected chi connectivity index (χ2v) is 10.8. The summed E-state index contributed by atoms with van der Waals surface area (Å²) in [6, 6.07) is 13.6. The molecule has 0 unspecified atom stereocenters. The summed E-state index contributed by atoms with van der Waals surface area (Å²) in [5, 5.41) is 9.89. The Balaban J connectivity index is 1.72. The molecule has 3 rings (SSSR count). The van der Waals surface area contributed by atoms with E-state index in [2.05, 4.69) is 11.8 Å². The molecule has 1 aliphatic heterocycles. The van der Waals surface area contributed by atoms with Gasteiger partial charge in [-0.25, -0.2) is 13.9 Å². The van der Waals surface area contributed by atoms with Gasteiger partial charge in [0.05, 0.1) is 5.75 Å². The first-order chi connectivity index (χ1) is 15.3. The molecule has 174 valence electrons. The van der Waals surface area contributed by atoms with Crippen LogP contribution in [0.25, 0.3) is 0 Å². The van der Waals surface area contributed by atoms with Gasteiger partial charge >= 0.3 is 0 Å². The number of nitrogens with zero attached hydrogens (tertiary/aromatic N) is 1. The molecule has 7 nitrogen and oxygen atoms in total. The lowest BCUT2D eigenvalue weighted by molar-refractivity contribution is -0.133. The van der Waals surface area contributed by atoms with Gasteiger partial charge in [0.2, 0.25) is 0 Å². The normalized spacial score (nSPS) is 16.5. The van der Waals surface area contributed by atoms with Gasteiger partial charge in [-0.3, -0.25) is 10.0 Å². The van der Waals surface area contributed by atoms with Crippen LogP contribution in [-0.4, -0.2) is 48.8 Å². The van der Waals surface area contributed by atoms with Gasteiger partial charge in [0.25, 0.3) is 5.91 Å². The highest BCUT2D eigenvalue weighted by Gasteiger charge is 2.51. The molecule has 1 heterocycles. The number of unbranched alkanes of at least 4 members (excludes halogenated alkanes) is 1. The smallest absolute Gasteiger partial charge is 0.264 e. The minimum atomic E-state index is -3.88. The first kappa shape index (κ1) is 24.5. The fourth-order valence-electron chi connectivity index (χ4n) is 3.95. The number of rotatable bonds is 9. The second kappa shape index (κ2) is 10.7. The highest BCUT2D eigenvalue weighted by Crippen LogP contribution is 2.34. The predicted octanol–water partition coefficient (Wildman–Crippen LogP) is 4.19. The molecule has 1 saturated heterocycles. The van der Waals surface area contributed by atoms with Crippen molar-refractivity contribution in [3.05, 3.63) is 59.1 Å². The van der Waals surface area contributed by atoms with Gasteiger partial charge in [0.1, 0.15) is 11.5 Å². The van der Waals surface area contributed by atoms with E-state index < -0.39 is 20.5 Å². The zero-order valence-corrected chi connectivity index (χ0v) is 19.7. The molecule has 1 amide bonds. The van der Waals surface area contributed by atoms with Gasteiger partial charge in [-0.1, -0.05) is 37.1 Å². The van der Waals surface area contributed by atoms with Crippen LogP contribution in [0.5, 0.6) is 11.5 Å². The molecule has 0 saturated carbocycles. The topological polar surface area (TPSA) is 95.9 Å². The van der Waals surface area contributed by atoms with Crippen LogP contribution >= 0.6 is 11.6 Å². The van der Waals surface area contributed by atoms with E-state index in [1.807, 2.05) is 0 Å². The number of sulfone groups is 1. The number of ether oxygens (including phenoxy) is 1. The van der Waals surface area contributed by atoms with Crippen molar-refractivity contribution in [2.75, 3.05) is 19.6 Å². The van der Waals surface area contributed by atoms with Gasteiger partial charge in [0, 0.05) is 18.1 Å². The van der Waals surface area contributed by atoms with Gasteiger partial charge < -0.3 is 9.64 Å². The lowest BCUT2D eigenvalue weighted by atomic mass is 9.94. The maximum Gasteiger partial charge on any atom is 0.264 e. The van der Waals surface area contributed by atoms with Crippen LogP contribution in [0.1, 0.15) is 38.2 Å². The van der Waals surface area contributed by atoms with E-state index in [-0.39, 0.29) is 18.6 Å². The van der Waals surface area contributed by atoms with Crippen LogP contribution in [0.15, 0.2) is 48.5 Å². The van der Waals surface area contributed by atoms with E-state index in [0.717, 1.165) is 19.4 Å². The zero-order valence-electron chi connectivity index (χ0n) is 18.1. The Morgan fingerprint density at radius 1 is 1.09 bits per heavy atom. The molecule has 32 heavy (non-hydrogen) atoms. The quantitative estimate of drug-likeness (QED) is 0.412. The third-order valence-corrected chi connectivity index (χ3v) is 8.68. The van der Waals surface area contributed by atoms with Crippen molar-refractivity contribution in [1.29, 1.82) is 0 Å². The second-order valence-electron chi connectivity index (χ2n) is 8.09. The molecule has 2 aromatic rings. The molecule has 0 spiro atoms. The summed E-state index contributed by atoms with van der Waals surface area (Å²) < 4.78 is 30.9. The van der Waals surface area contributed by atoms with Crippen molar-refractivity contribution < 1.29 is 23.2 Å². The van der Waals surface area contributed by atoms with E-state index >= 15 is 0 Å². The van der Waals surface area contributed by atoms with Crippen LogP contribution in [0.4, 0.5) is 0 Å². The first-order valence-electron chi connectivity index (χ1n) is 10.7. The number of halogens is 1. The van der Waals surface area contributed by atoms with E-state index in [4.69, 9.17) is 16.3 Å². The van der Waals surface area contributed by atoms with Crippen LogP contribution < -0.4 is 10.2 Å². The van der Waals surface area contributed by atoms with Gasteiger partial charge in [0.15, 0.2) is 14.6 Å². The number of benzene rings is 2. The molecule has 0 bridgehead atoms. The number of hydrogen-bond donors (Lipinski definition) is 2. The van der Waals surface area contributed by atoms with Crippen molar-refractivity contribution in [2.24, 2.45) is 0 Å². The molecule has 0 radical (unpaired) electrons. The Bertz CT molecular complexity index is 1000. The highest BCUT2D eigenvalue weighted by molar-refractivity contribution is 7.92. The summed E-state index contributed by atoms with van der Waals surface area (Å²) in [6.07, 6.45) is 2.39. The SMILES string of the molecule is CCCCN1CCC(C(=O)NO)(S(=O)(=O)Cc2ccc(Oc3ccc(Cl)cc3)cc2)CC1. The minimum absolute atomic E-state index is 0.156. The summed E-state index contributed by atoms with van der Waals surface area (Å²) >= 11 is 5.88. The summed E-state index contributed by atoms with van der Waals surface area (Å²) in [6.45, 7) is 3.98. The molecule has 9 heteroatoms. The Morgan fingerprint density at radius 2 is 1.66 bits per heavy atom. The van der Waals surface area contributed by atoms with Crippen molar-refractivity contribution in [1.82, 2.24) is 10.4 Å². The van der Waals surface area contributed by atoms with E-state index in [1.165, 1.54) is 0 Å². The molecule has 2 N–H and O–H groups in total. The number of nitrogens with one attached hydrogen (secondary N) is 1. The van der Waals surface area contributed by atoms with Crippen LogP contribution in [-0.2, 0) is 20.4 Å². The van der Waals surface area contributed by atoms with Crippen molar-refractivity contribution in [3.8, 4) is 11.5 Å². The van der Waals surface area contributed by atoms with E-state index in [9.17, 15) is 18.4 Å². The number of carbonyl (C=O) groups is 1. The van der Waals surface area contributed by atoms with Gasteiger partial charge in [-0.15, -0.1) is 0 Å². The van der Waals surface area contributed by atoms with Crippen molar-refractivity contribution >= 4 is 27.3 Å². The Kier molecular flexibility index (Phi) is 8.16.